The van der Waals surface area contributed by atoms with Crippen molar-refractivity contribution in [2.45, 2.75) is 80.7 Å². The zero-order valence-electron chi connectivity index (χ0n) is 28.2. The van der Waals surface area contributed by atoms with E-state index in [-0.39, 0.29) is 47.0 Å². The van der Waals surface area contributed by atoms with E-state index in [4.69, 9.17) is 21.2 Å². The molecular formula is C35H49ClN4O8S2. The Morgan fingerprint density at radius 2 is 1.14 bits per heavy atom. The van der Waals surface area contributed by atoms with Crippen LogP contribution in [0, 0.1) is 11.8 Å². The number of hydrogen-bond donors (Lipinski definition) is 2. The lowest BCUT2D eigenvalue weighted by atomic mass is 9.86. The molecule has 2 aromatic heterocycles. The summed E-state index contributed by atoms with van der Waals surface area (Å²) in [5.41, 5.74) is 7.66. The van der Waals surface area contributed by atoms with Crippen molar-refractivity contribution in [3.63, 3.8) is 0 Å². The first-order valence-electron chi connectivity index (χ1n) is 16.1. The predicted molar refractivity (Wildman–Crippen MR) is 196 cm³/mol. The lowest BCUT2D eigenvalue weighted by molar-refractivity contribution is -0.147. The largest absolute Gasteiger partial charge is 0.469 e. The minimum absolute atomic E-state index is 0. The number of nitrogens with one attached hydrogen (secondary N) is 1. The Balaban J connectivity index is 0.000000221. The van der Waals surface area contributed by atoms with Gasteiger partial charge in [-0.25, -0.2) is 21.6 Å². The minimum Gasteiger partial charge on any atom is -0.469 e. The van der Waals surface area contributed by atoms with Crippen molar-refractivity contribution < 1.29 is 35.9 Å². The highest BCUT2D eigenvalue weighted by Gasteiger charge is 2.30. The number of nitrogens with zero attached hydrogens (tertiary/aromatic N) is 2. The van der Waals surface area contributed by atoms with Crippen LogP contribution in [0.5, 0.6) is 0 Å². The maximum atomic E-state index is 12.6. The highest BCUT2D eigenvalue weighted by atomic mass is 35.7. The molecule has 15 heteroatoms. The van der Waals surface area contributed by atoms with Gasteiger partial charge in [0.2, 0.25) is 10.0 Å². The standard InChI is InChI=1S/C17H22N2O4S.C9H8ClNO2S.C8H15NO2.CH4/c1-19-10-9-13-11-15(7-8-16(13)19)24(21,22)18-14-5-3-12(4-6-14)17(20)23-2;1-11-5-4-7-6-8(14(10,12)13)2-3-9(7)11;1-11-8(10)6-2-4-7(9)5-3-6;/h7-12,14,18H,3-6H2,1-2H3;2-6H,1H3;6-7H,2-5,9H2,1H3;1H4. The topological polar surface area (TPSA) is 169 Å². The summed E-state index contributed by atoms with van der Waals surface area (Å²) in [7, 11) is 4.70. The maximum Gasteiger partial charge on any atom is 0.308 e. The molecule has 0 bridgehead atoms. The van der Waals surface area contributed by atoms with Crippen molar-refractivity contribution >= 4 is 63.5 Å². The summed E-state index contributed by atoms with van der Waals surface area (Å²) in [5.74, 6) is -0.279. The van der Waals surface area contributed by atoms with Gasteiger partial charge < -0.3 is 24.3 Å². The summed E-state index contributed by atoms with van der Waals surface area (Å²) >= 11 is 0. The molecule has 0 unspecified atom stereocenters. The molecule has 2 aliphatic carbocycles. The fourth-order valence-corrected chi connectivity index (χ4v) is 8.39. The summed E-state index contributed by atoms with van der Waals surface area (Å²) in [4.78, 5) is 23.0. The Kier molecular flexibility index (Phi) is 14.5. The number of methoxy groups -OCH3 is 2. The SMILES string of the molecule is C.COC(=O)C1CCC(N)CC1.COC(=O)C1CCC(NS(=O)(=O)c2ccc3c(ccn3C)c2)CC1.Cn1ccc2cc(S(=O)(=O)Cl)ccc21. The van der Waals surface area contributed by atoms with Crippen LogP contribution in [0.1, 0.15) is 58.8 Å². The van der Waals surface area contributed by atoms with Crippen molar-refractivity contribution in [2.24, 2.45) is 31.7 Å². The highest BCUT2D eigenvalue weighted by Crippen LogP contribution is 2.28. The van der Waals surface area contributed by atoms with Gasteiger partial charge in [0.05, 0.1) is 35.8 Å². The average molecular weight is 753 g/mol. The van der Waals surface area contributed by atoms with Crippen LogP contribution in [0.4, 0.5) is 0 Å². The molecule has 2 heterocycles. The molecule has 0 spiro atoms. The number of ether oxygens (including phenoxy) is 2. The van der Waals surface area contributed by atoms with Gasteiger partial charge in [-0.15, -0.1) is 0 Å². The number of sulfonamides is 1. The van der Waals surface area contributed by atoms with Gasteiger partial charge >= 0.3 is 11.9 Å². The molecule has 6 rings (SSSR count). The normalized spacial score (nSPS) is 20.8. The van der Waals surface area contributed by atoms with E-state index < -0.39 is 19.1 Å². The van der Waals surface area contributed by atoms with E-state index in [0.29, 0.717) is 31.7 Å². The molecule has 2 fully saturated rings. The summed E-state index contributed by atoms with van der Waals surface area (Å²) in [6.07, 6.45) is 10.1. The summed E-state index contributed by atoms with van der Waals surface area (Å²) in [5, 5.41) is 1.77. The Morgan fingerprint density at radius 3 is 1.58 bits per heavy atom. The Hall–Kier alpha value is -3.43. The van der Waals surface area contributed by atoms with Gasteiger partial charge in [0, 0.05) is 71.1 Å². The Labute approximate surface area is 299 Å². The molecule has 276 valence electrons. The third-order valence-corrected chi connectivity index (χ3v) is 12.1. The average Bonchev–Trinajstić information content (AvgIpc) is 3.65. The van der Waals surface area contributed by atoms with Crippen LogP contribution in [-0.4, -0.2) is 64.2 Å². The number of aryl methyl sites for hydroxylation is 2. The number of nitrogens with two attached hydrogens (primary N) is 1. The third-order valence-electron chi connectivity index (χ3n) is 9.20. The first kappa shape index (κ1) is 41.0. The number of rotatable bonds is 6. The van der Waals surface area contributed by atoms with Gasteiger partial charge in [-0.3, -0.25) is 9.59 Å². The van der Waals surface area contributed by atoms with E-state index in [0.717, 1.165) is 47.5 Å². The monoisotopic (exact) mass is 752 g/mol. The molecule has 0 amide bonds. The number of aromatic nitrogens is 2. The van der Waals surface area contributed by atoms with E-state index in [1.807, 2.05) is 53.8 Å². The minimum atomic E-state index is -3.62. The second-order valence-electron chi connectivity index (χ2n) is 12.6. The van der Waals surface area contributed by atoms with Crippen LogP contribution in [-0.2, 0) is 52.2 Å². The van der Waals surface area contributed by atoms with Crippen LogP contribution < -0.4 is 10.5 Å². The molecule has 0 radical (unpaired) electrons. The number of esters is 2. The molecule has 50 heavy (non-hydrogen) atoms. The molecule has 4 aromatic rings. The fraction of sp³-hybridized carbons (Fsp3) is 0.486. The molecule has 2 aromatic carbocycles. The summed E-state index contributed by atoms with van der Waals surface area (Å²) < 4.78 is 63.4. The third kappa shape index (κ3) is 10.5. The van der Waals surface area contributed by atoms with Gasteiger partial charge in [-0.1, -0.05) is 7.43 Å². The van der Waals surface area contributed by atoms with Gasteiger partial charge in [-0.05, 0) is 99.9 Å². The number of benzene rings is 2. The number of carbonyl (C=O) groups excluding carboxylic acids is 2. The molecule has 2 aliphatic rings. The number of halogens is 1. The van der Waals surface area contributed by atoms with Crippen LogP contribution in [0.15, 0.2) is 70.7 Å². The molecule has 0 aliphatic heterocycles. The first-order chi connectivity index (χ1) is 23.1. The Morgan fingerprint density at radius 1 is 0.720 bits per heavy atom. The summed E-state index contributed by atoms with van der Waals surface area (Å²) in [6.45, 7) is 0. The number of fused-ring (bicyclic) bond motifs is 2. The molecule has 2 saturated carbocycles. The maximum absolute atomic E-state index is 12.6. The molecule has 0 saturated heterocycles. The quantitative estimate of drug-likeness (QED) is 0.188. The second-order valence-corrected chi connectivity index (χ2v) is 16.8. The van der Waals surface area contributed by atoms with E-state index in [1.165, 1.54) is 20.3 Å². The summed E-state index contributed by atoms with van der Waals surface area (Å²) in [6, 6.07) is 13.9. The zero-order valence-corrected chi connectivity index (χ0v) is 30.6. The Bertz CT molecular complexity index is 1980. The second kappa shape index (κ2) is 17.7. The number of hydrogen-bond acceptors (Lipinski definition) is 9. The van der Waals surface area contributed by atoms with E-state index in [2.05, 4.69) is 9.46 Å². The van der Waals surface area contributed by atoms with Gasteiger partial charge in [0.1, 0.15) is 0 Å². The van der Waals surface area contributed by atoms with Crippen LogP contribution in [0.25, 0.3) is 21.8 Å². The van der Waals surface area contributed by atoms with Crippen molar-refractivity contribution in [1.82, 2.24) is 13.9 Å². The molecular weight excluding hydrogens is 704 g/mol. The molecule has 12 nitrogen and oxygen atoms in total. The van der Waals surface area contributed by atoms with Gasteiger partial charge in [0.25, 0.3) is 9.05 Å². The smallest absolute Gasteiger partial charge is 0.308 e. The first-order valence-corrected chi connectivity index (χ1v) is 19.9. The van der Waals surface area contributed by atoms with Gasteiger partial charge in [0.15, 0.2) is 0 Å². The lowest BCUT2D eigenvalue weighted by Crippen LogP contribution is -2.38. The molecule has 0 atom stereocenters. The van der Waals surface area contributed by atoms with Crippen molar-refractivity contribution in [2.75, 3.05) is 14.2 Å². The fourth-order valence-electron chi connectivity index (χ4n) is 6.26. The van der Waals surface area contributed by atoms with Crippen LogP contribution in [0.3, 0.4) is 0 Å². The predicted octanol–water partition coefficient (Wildman–Crippen LogP) is 5.61. The highest BCUT2D eigenvalue weighted by molar-refractivity contribution is 8.13. The van der Waals surface area contributed by atoms with E-state index in [9.17, 15) is 26.4 Å². The molecule has 3 N–H and O–H groups in total. The lowest BCUT2D eigenvalue weighted by Gasteiger charge is -2.27. The van der Waals surface area contributed by atoms with Crippen LogP contribution >= 0.6 is 10.7 Å². The number of carbonyl (C=O) groups is 2. The van der Waals surface area contributed by atoms with E-state index in [1.54, 1.807) is 24.3 Å². The van der Waals surface area contributed by atoms with Crippen molar-refractivity contribution in [3.05, 3.63) is 60.9 Å². The zero-order chi connectivity index (χ0) is 35.9. The van der Waals surface area contributed by atoms with Gasteiger partial charge in [-0.2, -0.15) is 0 Å². The van der Waals surface area contributed by atoms with E-state index >= 15 is 0 Å². The van der Waals surface area contributed by atoms with Crippen molar-refractivity contribution in [1.29, 1.82) is 0 Å². The van der Waals surface area contributed by atoms with Crippen LogP contribution in [0.2, 0.25) is 0 Å². The van der Waals surface area contributed by atoms with Crippen molar-refractivity contribution in [3.8, 4) is 0 Å².